The van der Waals surface area contributed by atoms with E-state index in [0.717, 1.165) is 47.5 Å². The molecule has 0 bridgehead atoms. The summed E-state index contributed by atoms with van der Waals surface area (Å²) in [6.07, 6.45) is 6.32. The number of anilines is 1. The van der Waals surface area contributed by atoms with Gasteiger partial charge >= 0.3 is 0 Å². The lowest BCUT2D eigenvalue weighted by Gasteiger charge is -2.17. The van der Waals surface area contributed by atoms with E-state index < -0.39 is 0 Å². The first-order valence-electron chi connectivity index (χ1n) is 10.1. The molecule has 0 spiro atoms. The standard InChI is InChI=1S/C22H32N2O2/c1-22(2)11-18-17(7-8-19(23)21(18)26-22)20(25)6-4-5-14-9-15-12-24(3)13-16(15)10-14/h7-8,14-16H,4-6,9-13,23H2,1-3H3. The van der Waals surface area contributed by atoms with Gasteiger partial charge in [-0.3, -0.25) is 4.79 Å². The number of likely N-dealkylation sites (tertiary alicyclic amines) is 1. The van der Waals surface area contributed by atoms with Crippen LogP contribution in [0.2, 0.25) is 0 Å². The van der Waals surface area contributed by atoms with Gasteiger partial charge in [0.05, 0.1) is 5.69 Å². The van der Waals surface area contributed by atoms with Crippen molar-refractivity contribution in [2.75, 3.05) is 25.9 Å². The van der Waals surface area contributed by atoms with Crippen molar-refractivity contribution in [2.45, 2.75) is 58.0 Å². The summed E-state index contributed by atoms with van der Waals surface area (Å²) in [6.45, 7) is 6.64. The number of Topliss-reactive ketones (excluding diaryl/α,β-unsaturated/α-hetero) is 1. The van der Waals surface area contributed by atoms with Gasteiger partial charge in [-0.05, 0) is 76.5 Å². The van der Waals surface area contributed by atoms with Crippen LogP contribution in [-0.2, 0) is 6.42 Å². The summed E-state index contributed by atoms with van der Waals surface area (Å²) in [5.41, 5.74) is 8.26. The molecule has 1 aliphatic carbocycles. The number of nitrogen functional groups attached to an aromatic ring is 1. The predicted molar refractivity (Wildman–Crippen MR) is 105 cm³/mol. The number of fused-ring (bicyclic) bond motifs is 2. The van der Waals surface area contributed by atoms with Gasteiger partial charge in [-0.1, -0.05) is 0 Å². The molecule has 0 radical (unpaired) electrons. The van der Waals surface area contributed by atoms with Crippen LogP contribution in [0.1, 0.15) is 61.9 Å². The lowest BCUT2D eigenvalue weighted by Crippen LogP contribution is -2.25. The number of rotatable bonds is 5. The Balaban J connectivity index is 1.33. The Kier molecular flexibility index (Phi) is 4.50. The first-order chi connectivity index (χ1) is 12.3. The molecular formula is C22H32N2O2. The molecule has 2 fully saturated rings. The SMILES string of the molecule is CN1CC2CC(CCCC(=O)c3ccc(N)c4c3CC(C)(C)O4)CC2C1. The first-order valence-corrected chi connectivity index (χ1v) is 10.1. The molecule has 0 amide bonds. The van der Waals surface area contributed by atoms with Gasteiger partial charge in [-0.25, -0.2) is 0 Å². The van der Waals surface area contributed by atoms with Crippen molar-refractivity contribution in [3.63, 3.8) is 0 Å². The maximum atomic E-state index is 12.8. The van der Waals surface area contributed by atoms with E-state index in [-0.39, 0.29) is 11.4 Å². The van der Waals surface area contributed by atoms with E-state index in [0.29, 0.717) is 12.1 Å². The number of ketones is 1. The van der Waals surface area contributed by atoms with Gasteiger partial charge in [0.25, 0.3) is 0 Å². The van der Waals surface area contributed by atoms with Gasteiger partial charge in [-0.2, -0.15) is 0 Å². The van der Waals surface area contributed by atoms with Crippen molar-refractivity contribution < 1.29 is 9.53 Å². The molecule has 26 heavy (non-hydrogen) atoms. The van der Waals surface area contributed by atoms with Crippen LogP contribution in [0.5, 0.6) is 5.75 Å². The Hall–Kier alpha value is -1.55. The summed E-state index contributed by atoms with van der Waals surface area (Å²) < 4.78 is 5.97. The molecule has 1 saturated heterocycles. The van der Waals surface area contributed by atoms with Crippen molar-refractivity contribution in [3.05, 3.63) is 23.3 Å². The quantitative estimate of drug-likeness (QED) is 0.642. The number of nitrogens with zero attached hydrogens (tertiary/aromatic N) is 1. The highest BCUT2D eigenvalue weighted by atomic mass is 16.5. The maximum absolute atomic E-state index is 12.8. The largest absolute Gasteiger partial charge is 0.485 e. The summed E-state index contributed by atoms with van der Waals surface area (Å²) in [5, 5.41) is 0. The van der Waals surface area contributed by atoms with Crippen molar-refractivity contribution in [1.29, 1.82) is 0 Å². The summed E-state index contributed by atoms with van der Waals surface area (Å²) in [4.78, 5) is 15.3. The second-order valence-electron chi connectivity index (χ2n) is 9.44. The maximum Gasteiger partial charge on any atom is 0.163 e. The van der Waals surface area contributed by atoms with Gasteiger partial charge < -0.3 is 15.4 Å². The van der Waals surface area contributed by atoms with Crippen LogP contribution in [0.25, 0.3) is 0 Å². The molecule has 2 N–H and O–H groups in total. The van der Waals surface area contributed by atoms with E-state index in [2.05, 4.69) is 25.8 Å². The molecule has 4 heteroatoms. The zero-order valence-corrected chi connectivity index (χ0v) is 16.4. The summed E-state index contributed by atoms with van der Waals surface area (Å²) in [6, 6.07) is 3.72. The molecule has 2 unspecified atom stereocenters. The lowest BCUT2D eigenvalue weighted by atomic mass is 9.92. The Bertz CT molecular complexity index is 698. The number of nitrogens with two attached hydrogens (primary N) is 1. The highest BCUT2D eigenvalue weighted by Gasteiger charge is 2.39. The molecule has 2 atom stereocenters. The fraction of sp³-hybridized carbons (Fsp3) is 0.682. The smallest absolute Gasteiger partial charge is 0.163 e. The molecule has 3 aliphatic rings. The Morgan fingerprint density at radius 2 is 1.96 bits per heavy atom. The third-order valence-corrected chi connectivity index (χ3v) is 6.62. The number of hydrogen-bond acceptors (Lipinski definition) is 4. The molecule has 0 aromatic heterocycles. The van der Waals surface area contributed by atoms with Gasteiger partial charge in [0.1, 0.15) is 11.4 Å². The average molecular weight is 357 g/mol. The van der Waals surface area contributed by atoms with Crippen molar-refractivity contribution in [2.24, 2.45) is 17.8 Å². The molecule has 142 valence electrons. The number of benzene rings is 1. The van der Waals surface area contributed by atoms with E-state index in [1.807, 2.05) is 12.1 Å². The van der Waals surface area contributed by atoms with Crippen LogP contribution in [0.3, 0.4) is 0 Å². The predicted octanol–water partition coefficient (Wildman–Crippen LogP) is 3.92. The van der Waals surface area contributed by atoms with Gasteiger partial charge in [0.2, 0.25) is 0 Å². The fourth-order valence-electron chi connectivity index (χ4n) is 5.52. The number of ether oxygens (including phenoxy) is 1. The minimum absolute atomic E-state index is 0.250. The summed E-state index contributed by atoms with van der Waals surface area (Å²) in [7, 11) is 2.24. The van der Waals surface area contributed by atoms with Crippen molar-refractivity contribution >= 4 is 11.5 Å². The second kappa shape index (κ2) is 6.56. The second-order valence-corrected chi connectivity index (χ2v) is 9.44. The van der Waals surface area contributed by atoms with Crippen LogP contribution in [0, 0.1) is 17.8 Å². The highest BCUT2D eigenvalue weighted by Crippen LogP contribution is 2.44. The summed E-state index contributed by atoms with van der Waals surface area (Å²) >= 11 is 0. The number of carbonyl (C=O) groups excluding carboxylic acids is 1. The van der Waals surface area contributed by atoms with E-state index in [1.54, 1.807) is 0 Å². The number of carbonyl (C=O) groups is 1. The van der Waals surface area contributed by atoms with Crippen LogP contribution >= 0.6 is 0 Å². The molecular weight excluding hydrogens is 324 g/mol. The zero-order valence-electron chi connectivity index (χ0n) is 16.4. The summed E-state index contributed by atoms with van der Waals surface area (Å²) in [5.74, 6) is 3.61. The van der Waals surface area contributed by atoms with Crippen LogP contribution in [-0.4, -0.2) is 36.4 Å². The molecule has 2 heterocycles. The van der Waals surface area contributed by atoms with Gasteiger partial charge in [0, 0.05) is 37.1 Å². The van der Waals surface area contributed by atoms with Crippen molar-refractivity contribution in [3.8, 4) is 5.75 Å². The van der Waals surface area contributed by atoms with Crippen LogP contribution in [0.15, 0.2) is 12.1 Å². The van der Waals surface area contributed by atoms with E-state index in [4.69, 9.17) is 10.5 Å². The minimum atomic E-state index is -0.276. The number of hydrogen-bond donors (Lipinski definition) is 1. The van der Waals surface area contributed by atoms with E-state index >= 15 is 0 Å². The zero-order chi connectivity index (χ0) is 18.5. The topological polar surface area (TPSA) is 55.6 Å². The molecule has 4 rings (SSSR count). The van der Waals surface area contributed by atoms with E-state index in [1.165, 1.54) is 32.4 Å². The lowest BCUT2D eigenvalue weighted by molar-refractivity contribution is 0.0976. The Morgan fingerprint density at radius 1 is 1.27 bits per heavy atom. The first kappa shape index (κ1) is 17.8. The third-order valence-electron chi connectivity index (χ3n) is 6.62. The van der Waals surface area contributed by atoms with Crippen molar-refractivity contribution in [1.82, 2.24) is 4.90 Å². The molecule has 1 aromatic carbocycles. The molecule has 4 nitrogen and oxygen atoms in total. The fourth-order valence-corrected chi connectivity index (χ4v) is 5.52. The van der Waals surface area contributed by atoms with Crippen LogP contribution in [0.4, 0.5) is 5.69 Å². The highest BCUT2D eigenvalue weighted by molar-refractivity contribution is 5.99. The van der Waals surface area contributed by atoms with Crippen LogP contribution < -0.4 is 10.5 Å². The monoisotopic (exact) mass is 356 g/mol. The third kappa shape index (κ3) is 3.36. The molecule has 1 saturated carbocycles. The molecule has 2 aliphatic heterocycles. The Morgan fingerprint density at radius 3 is 2.65 bits per heavy atom. The Labute approximate surface area is 157 Å². The average Bonchev–Trinajstić information content (AvgIpc) is 3.17. The van der Waals surface area contributed by atoms with E-state index in [9.17, 15) is 4.79 Å². The van der Waals surface area contributed by atoms with Gasteiger partial charge in [-0.15, -0.1) is 0 Å². The van der Waals surface area contributed by atoms with Gasteiger partial charge in [0.15, 0.2) is 5.78 Å². The minimum Gasteiger partial charge on any atom is -0.485 e. The molecule has 1 aromatic rings. The normalized spacial score (nSPS) is 29.4.